The third-order valence-corrected chi connectivity index (χ3v) is 4.41. The second kappa shape index (κ2) is 6.92. The van der Waals surface area contributed by atoms with Crippen molar-refractivity contribution in [2.24, 2.45) is 0 Å². The third-order valence-electron chi connectivity index (χ3n) is 3.65. The van der Waals surface area contributed by atoms with Gasteiger partial charge in [0.15, 0.2) is 11.0 Å². The van der Waals surface area contributed by atoms with E-state index in [4.69, 9.17) is 0 Å². The Morgan fingerprint density at radius 2 is 1.85 bits per heavy atom. The molecule has 0 spiro atoms. The number of rotatable bonds is 6. The number of imidazole rings is 1. The fourth-order valence-corrected chi connectivity index (χ4v) is 3.18. The maximum atomic E-state index is 2.45. The molecule has 1 heterocycles. The SMILES string of the molecule is ICCCCn1c[n+](C[C]2[CH][CH][CH][CH]2)c2ccccc21. The minimum atomic E-state index is 0.951. The van der Waals surface area contributed by atoms with E-state index < -0.39 is 0 Å². The molecule has 0 atom stereocenters. The van der Waals surface area contributed by atoms with Crippen molar-refractivity contribution in [1.82, 2.24) is 4.57 Å². The standard InChI is InChI=1S/C17H19IN2/c18-11-5-6-12-19-14-20(13-15-7-1-2-8-15)17-10-4-3-9-16(17)19/h1-4,7-10,14H,5-6,11-13H2/q+1. The summed E-state index contributed by atoms with van der Waals surface area (Å²) in [5.41, 5.74) is 2.66. The maximum absolute atomic E-state index is 2.45. The smallest absolute Gasteiger partial charge is 0.230 e. The summed E-state index contributed by atoms with van der Waals surface area (Å²) in [4.78, 5) is 0. The largest absolute Gasteiger partial charge is 0.244 e. The van der Waals surface area contributed by atoms with Gasteiger partial charge in [-0.3, -0.25) is 0 Å². The summed E-state index contributed by atoms with van der Waals surface area (Å²) in [6.45, 7) is 2.06. The highest BCUT2D eigenvalue weighted by Crippen LogP contribution is 2.23. The van der Waals surface area contributed by atoms with Gasteiger partial charge in [-0.25, -0.2) is 9.13 Å². The average molecular weight is 378 g/mol. The molecule has 1 aromatic heterocycles. The molecule has 1 aliphatic rings. The van der Waals surface area contributed by atoms with Gasteiger partial charge in [0.05, 0.1) is 13.1 Å². The zero-order valence-electron chi connectivity index (χ0n) is 11.5. The van der Waals surface area contributed by atoms with Crippen molar-refractivity contribution in [1.29, 1.82) is 0 Å². The molecule has 103 valence electrons. The molecule has 0 N–H and O–H groups in total. The molecule has 1 saturated carbocycles. The number of alkyl halides is 1. The number of nitrogens with zero attached hydrogens (tertiary/aromatic N) is 2. The van der Waals surface area contributed by atoms with Crippen molar-refractivity contribution in [3.63, 3.8) is 0 Å². The summed E-state index contributed by atoms with van der Waals surface area (Å²) in [6.07, 6.45) is 13.4. The molecule has 1 aliphatic carbocycles. The molecule has 2 nitrogen and oxygen atoms in total. The quantitative estimate of drug-likeness (QED) is 0.315. The van der Waals surface area contributed by atoms with E-state index in [1.54, 1.807) is 0 Å². The van der Waals surface area contributed by atoms with Crippen LogP contribution in [-0.2, 0) is 13.1 Å². The van der Waals surface area contributed by atoms with Crippen molar-refractivity contribution < 1.29 is 4.57 Å². The van der Waals surface area contributed by atoms with Gasteiger partial charge in [-0.15, -0.1) is 0 Å². The molecule has 3 heteroatoms. The van der Waals surface area contributed by atoms with Crippen LogP contribution < -0.4 is 4.57 Å². The molecule has 5 radical (unpaired) electrons. The second-order valence-corrected chi connectivity index (χ2v) is 6.19. The van der Waals surface area contributed by atoms with Crippen LogP contribution in [0.5, 0.6) is 0 Å². The fraction of sp³-hybridized carbons (Fsp3) is 0.294. The van der Waals surface area contributed by atoms with Crippen LogP contribution in [-0.4, -0.2) is 8.99 Å². The highest BCUT2D eigenvalue weighted by molar-refractivity contribution is 14.1. The van der Waals surface area contributed by atoms with Crippen LogP contribution in [0.15, 0.2) is 30.6 Å². The summed E-state index contributed by atoms with van der Waals surface area (Å²) in [5.74, 6) is 1.37. The van der Waals surface area contributed by atoms with Crippen molar-refractivity contribution >= 4 is 33.6 Å². The van der Waals surface area contributed by atoms with Gasteiger partial charge in [-0.2, -0.15) is 0 Å². The monoisotopic (exact) mass is 378 g/mol. The number of unbranched alkanes of at least 4 members (excludes halogenated alkanes) is 1. The van der Waals surface area contributed by atoms with Crippen LogP contribution in [0.3, 0.4) is 0 Å². The molecule has 1 fully saturated rings. The fourth-order valence-electron chi connectivity index (χ4n) is 2.64. The minimum Gasteiger partial charge on any atom is -0.230 e. The number of aryl methyl sites for hydroxylation is 1. The summed E-state index contributed by atoms with van der Waals surface area (Å²) >= 11 is 2.45. The first-order valence-corrected chi connectivity index (χ1v) is 8.65. The molecule has 3 rings (SSSR count). The lowest BCUT2D eigenvalue weighted by Crippen LogP contribution is -2.35. The lowest BCUT2D eigenvalue weighted by molar-refractivity contribution is -0.666. The van der Waals surface area contributed by atoms with Gasteiger partial charge in [-0.05, 0) is 55.1 Å². The van der Waals surface area contributed by atoms with Gasteiger partial charge in [-0.1, -0.05) is 34.7 Å². The van der Waals surface area contributed by atoms with Gasteiger partial charge in [0, 0.05) is 5.92 Å². The second-order valence-electron chi connectivity index (χ2n) is 5.11. The van der Waals surface area contributed by atoms with Gasteiger partial charge in [0.25, 0.3) is 0 Å². The molecule has 0 saturated heterocycles. The first kappa shape index (κ1) is 14.4. The highest BCUT2D eigenvalue weighted by atomic mass is 127. The minimum absolute atomic E-state index is 0.951. The van der Waals surface area contributed by atoms with Crippen LogP contribution in [0.4, 0.5) is 0 Å². The Morgan fingerprint density at radius 3 is 2.65 bits per heavy atom. The number of hydrogen-bond acceptors (Lipinski definition) is 0. The molecule has 0 unspecified atom stereocenters. The molecule has 0 amide bonds. The van der Waals surface area contributed by atoms with Crippen LogP contribution in [0.25, 0.3) is 11.0 Å². The molecular weight excluding hydrogens is 359 g/mol. The van der Waals surface area contributed by atoms with Crippen LogP contribution >= 0.6 is 22.6 Å². The molecule has 1 aromatic carbocycles. The van der Waals surface area contributed by atoms with E-state index in [9.17, 15) is 0 Å². The first-order valence-electron chi connectivity index (χ1n) is 7.12. The molecule has 0 bridgehead atoms. The molecule has 0 aliphatic heterocycles. The van der Waals surface area contributed by atoms with Gasteiger partial charge >= 0.3 is 0 Å². The summed E-state index contributed by atoms with van der Waals surface area (Å²) in [5, 5.41) is 0. The zero-order valence-corrected chi connectivity index (χ0v) is 13.7. The lowest BCUT2D eigenvalue weighted by atomic mass is 10.1. The number of benzene rings is 1. The summed E-state index contributed by atoms with van der Waals surface area (Å²) < 4.78 is 5.99. The predicted octanol–water partition coefficient (Wildman–Crippen LogP) is 3.55. The predicted molar refractivity (Wildman–Crippen MR) is 90.7 cm³/mol. The van der Waals surface area contributed by atoms with E-state index in [0.29, 0.717) is 0 Å². The maximum Gasteiger partial charge on any atom is 0.244 e. The normalized spacial score (nSPS) is 16.2. The van der Waals surface area contributed by atoms with Crippen molar-refractivity contribution in [2.75, 3.05) is 4.43 Å². The van der Waals surface area contributed by atoms with Crippen LogP contribution in [0.1, 0.15) is 12.8 Å². The van der Waals surface area contributed by atoms with E-state index in [1.807, 2.05) is 0 Å². The number of aromatic nitrogens is 2. The Balaban J connectivity index is 1.83. The van der Waals surface area contributed by atoms with Crippen molar-refractivity contribution in [3.05, 3.63) is 62.2 Å². The Kier molecular flexibility index (Phi) is 4.97. The van der Waals surface area contributed by atoms with E-state index in [2.05, 4.69) is 88.0 Å². The van der Waals surface area contributed by atoms with Crippen molar-refractivity contribution in [2.45, 2.75) is 25.9 Å². The lowest BCUT2D eigenvalue weighted by Gasteiger charge is -2.03. The highest BCUT2D eigenvalue weighted by Gasteiger charge is 2.22. The Morgan fingerprint density at radius 1 is 1.05 bits per heavy atom. The van der Waals surface area contributed by atoms with Gasteiger partial charge in [0.1, 0.15) is 0 Å². The van der Waals surface area contributed by atoms with Gasteiger partial charge < -0.3 is 0 Å². The van der Waals surface area contributed by atoms with E-state index in [0.717, 1.165) is 13.1 Å². The Hall–Kier alpha value is -0.580. The first-order chi connectivity index (χ1) is 9.88. The van der Waals surface area contributed by atoms with Gasteiger partial charge in [0.2, 0.25) is 6.33 Å². The summed E-state index contributed by atoms with van der Waals surface area (Å²) in [7, 11) is 0. The van der Waals surface area contributed by atoms with Crippen LogP contribution in [0, 0.1) is 31.6 Å². The molecular formula is C17H19IN2+. The van der Waals surface area contributed by atoms with E-state index in [1.165, 1.54) is 34.2 Å². The number of fused-ring (bicyclic) bond motifs is 1. The average Bonchev–Trinajstić information content (AvgIpc) is 3.09. The van der Waals surface area contributed by atoms with E-state index >= 15 is 0 Å². The van der Waals surface area contributed by atoms with E-state index in [-0.39, 0.29) is 0 Å². The number of halogens is 1. The zero-order chi connectivity index (χ0) is 13.8. The Bertz CT molecular complexity index is 555. The van der Waals surface area contributed by atoms with Crippen LogP contribution in [0.2, 0.25) is 0 Å². The number of para-hydroxylation sites is 2. The molecule has 2 aromatic rings. The Labute approximate surface area is 135 Å². The topological polar surface area (TPSA) is 8.81 Å². The summed E-state index contributed by atoms with van der Waals surface area (Å²) in [6, 6.07) is 8.69. The van der Waals surface area contributed by atoms with Crippen molar-refractivity contribution in [3.8, 4) is 0 Å². The molecule has 20 heavy (non-hydrogen) atoms. The third kappa shape index (κ3) is 3.18. The number of hydrogen-bond donors (Lipinski definition) is 0.